The molecule has 0 heterocycles. The number of nitrogens with two attached hydrogens (primary N) is 1. The standard InChI is InChI=1S/C9H7ClN2O5S/c10-18(15,16)9-5-1-4-8(12(13)14)7(9)3-2-6-17-11/h1,4-5H,6,11H2. The molecule has 0 aliphatic heterocycles. The van der Waals surface area contributed by atoms with Crippen molar-refractivity contribution >= 4 is 25.4 Å². The fourth-order valence-electron chi connectivity index (χ4n) is 1.17. The molecule has 0 saturated heterocycles. The van der Waals surface area contributed by atoms with E-state index in [1.165, 1.54) is 6.07 Å². The Bertz CT molecular complexity index is 632. The van der Waals surface area contributed by atoms with Crippen molar-refractivity contribution in [2.45, 2.75) is 4.90 Å². The second kappa shape index (κ2) is 5.79. The third-order valence-corrected chi connectivity index (χ3v) is 3.20. The molecule has 0 unspecified atom stereocenters. The molecular formula is C9H7ClN2O5S. The average molecular weight is 291 g/mol. The Morgan fingerprint density at radius 3 is 2.67 bits per heavy atom. The number of nitro groups is 1. The number of hydrogen-bond acceptors (Lipinski definition) is 6. The molecule has 0 aliphatic carbocycles. The summed E-state index contributed by atoms with van der Waals surface area (Å²) in [4.78, 5) is 13.8. The smallest absolute Gasteiger partial charge is 0.286 e. The first kappa shape index (κ1) is 14.4. The number of hydrogen-bond donors (Lipinski definition) is 1. The first-order chi connectivity index (χ1) is 8.38. The molecule has 1 rings (SSSR count). The van der Waals surface area contributed by atoms with Crippen LogP contribution in [0.5, 0.6) is 0 Å². The molecule has 0 radical (unpaired) electrons. The van der Waals surface area contributed by atoms with Crippen LogP contribution in [0.3, 0.4) is 0 Å². The van der Waals surface area contributed by atoms with Gasteiger partial charge in [0.1, 0.15) is 17.1 Å². The summed E-state index contributed by atoms with van der Waals surface area (Å²) < 4.78 is 22.6. The summed E-state index contributed by atoms with van der Waals surface area (Å²) in [5.74, 6) is 9.38. The van der Waals surface area contributed by atoms with Crippen LogP contribution in [0.25, 0.3) is 0 Å². The van der Waals surface area contributed by atoms with Gasteiger partial charge in [-0.15, -0.1) is 0 Å². The third kappa shape index (κ3) is 3.41. The maximum atomic E-state index is 11.3. The Balaban J connectivity index is 3.51. The monoisotopic (exact) mass is 290 g/mol. The van der Waals surface area contributed by atoms with E-state index in [1.54, 1.807) is 0 Å². The number of rotatable bonds is 3. The van der Waals surface area contributed by atoms with Gasteiger partial charge in [0.05, 0.1) is 4.92 Å². The van der Waals surface area contributed by atoms with Gasteiger partial charge in [0.2, 0.25) is 0 Å². The zero-order chi connectivity index (χ0) is 13.8. The number of nitro benzene ring substituents is 1. The lowest BCUT2D eigenvalue weighted by Crippen LogP contribution is -2.01. The first-order valence-electron chi connectivity index (χ1n) is 4.40. The summed E-state index contributed by atoms with van der Waals surface area (Å²) in [5, 5.41) is 10.8. The molecule has 0 amide bonds. The molecule has 0 aromatic heterocycles. The van der Waals surface area contributed by atoms with Crippen LogP contribution in [0, 0.1) is 22.0 Å². The van der Waals surface area contributed by atoms with Crippen molar-refractivity contribution in [1.29, 1.82) is 0 Å². The van der Waals surface area contributed by atoms with Gasteiger partial charge in [0, 0.05) is 16.7 Å². The highest BCUT2D eigenvalue weighted by atomic mass is 35.7. The van der Waals surface area contributed by atoms with Gasteiger partial charge in [0.15, 0.2) is 0 Å². The van der Waals surface area contributed by atoms with Crippen LogP contribution in [0.4, 0.5) is 5.69 Å². The molecular weight excluding hydrogens is 284 g/mol. The van der Waals surface area contributed by atoms with Gasteiger partial charge in [-0.2, -0.15) is 0 Å². The lowest BCUT2D eigenvalue weighted by molar-refractivity contribution is -0.385. The molecule has 0 bridgehead atoms. The third-order valence-electron chi connectivity index (χ3n) is 1.83. The molecule has 1 aromatic carbocycles. The van der Waals surface area contributed by atoms with Gasteiger partial charge < -0.3 is 0 Å². The van der Waals surface area contributed by atoms with Gasteiger partial charge in [0.25, 0.3) is 14.7 Å². The second-order valence-electron chi connectivity index (χ2n) is 2.96. The largest absolute Gasteiger partial charge is 0.292 e. The molecule has 0 atom stereocenters. The highest BCUT2D eigenvalue weighted by molar-refractivity contribution is 8.13. The maximum absolute atomic E-state index is 11.3. The topological polar surface area (TPSA) is 113 Å². The van der Waals surface area contributed by atoms with Crippen LogP contribution in [0.1, 0.15) is 5.56 Å². The quantitative estimate of drug-likeness (QED) is 0.381. The maximum Gasteiger partial charge on any atom is 0.286 e. The van der Waals surface area contributed by atoms with E-state index in [2.05, 4.69) is 16.7 Å². The van der Waals surface area contributed by atoms with Gasteiger partial charge in [-0.25, -0.2) is 14.3 Å². The SMILES string of the molecule is NOCC#Cc1c([N+](=O)[O-])cccc1S(=O)(=O)Cl. The van der Waals surface area contributed by atoms with Gasteiger partial charge >= 0.3 is 0 Å². The van der Waals surface area contributed by atoms with Crippen molar-refractivity contribution in [3.05, 3.63) is 33.9 Å². The lowest BCUT2D eigenvalue weighted by atomic mass is 10.2. The van der Waals surface area contributed by atoms with E-state index < -0.39 is 24.6 Å². The summed E-state index contributed by atoms with van der Waals surface area (Å²) in [5.41, 5.74) is -0.754. The summed E-state index contributed by atoms with van der Waals surface area (Å²) in [6.07, 6.45) is 0. The molecule has 7 nitrogen and oxygen atoms in total. The van der Waals surface area contributed by atoms with Gasteiger partial charge in [-0.3, -0.25) is 15.0 Å². The molecule has 96 valence electrons. The Labute approximate surface area is 107 Å². The fraction of sp³-hybridized carbons (Fsp3) is 0.111. The molecule has 0 spiro atoms. The van der Waals surface area contributed by atoms with Crippen molar-refractivity contribution < 1.29 is 18.2 Å². The van der Waals surface area contributed by atoms with E-state index in [4.69, 9.17) is 16.6 Å². The predicted octanol–water partition coefficient (Wildman–Crippen LogP) is 0.764. The van der Waals surface area contributed by atoms with Crippen molar-refractivity contribution in [2.75, 3.05) is 6.61 Å². The summed E-state index contributed by atoms with van der Waals surface area (Å²) >= 11 is 0. The van der Waals surface area contributed by atoms with E-state index >= 15 is 0 Å². The molecule has 18 heavy (non-hydrogen) atoms. The summed E-state index contributed by atoms with van der Waals surface area (Å²) in [6, 6.07) is 3.46. The van der Waals surface area contributed by atoms with Crippen molar-refractivity contribution in [3.8, 4) is 11.8 Å². The number of benzene rings is 1. The van der Waals surface area contributed by atoms with Crippen LogP contribution >= 0.6 is 10.7 Å². The Morgan fingerprint density at radius 2 is 2.17 bits per heavy atom. The molecule has 0 fully saturated rings. The van der Waals surface area contributed by atoms with Crippen molar-refractivity contribution in [1.82, 2.24) is 0 Å². The van der Waals surface area contributed by atoms with Gasteiger partial charge in [-0.05, 0) is 6.07 Å². The van der Waals surface area contributed by atoms with Crippen molar-refractivity contribution in [2.24, 2.45) is 5.90 Å². The second-order valence-corrected chi connectivity index (χ2v) is 5.49. The van der Waals surface area contributed by atoms with E-state index in [0.717, 1.165) is 12.1 Å². The fourth-order valence-corrected chi connectivity index (χ4v) is 2.19. The number of halogens is 1. The summed E-state index contributed by atoms with van der Waals surface area (Å²) in [7, 11) is 1.05. The van der Waals surface area contributed by atoms with Gasteiger partial charge in [-0.1, -0.05) is 17.9 Å². The minimum Gasteiger partial charge on any atom is -0.292 e. The zero-order valence-electron chi connectivity index (χ0n) is 8.79. The number of nitrogens with zero attached hydrogens (tertiary/aromatic N) is 1. The van der Waals surface area contributed by atoms with Crippen LogP contribution < -0.4 is 5.90 Å². The molecule has 1 aromatic rings. The Hall–Kier alpha value is -1.66. The Morgan fingerprint density at radius 1 is 1.50 bits per heavy atom. The summed E-state index contributed by atoms with van der Waals surface area (Å²) in [6.45, 7) is -0.201. The molecule has 0 aliphatic rings. The average Bonchev–Trinajstić information content (AvgIpc) is 2.27. The molecule has 2 N–H and O–H groups in total. The predicted molar refractivity (Wildman–Crippen MR) is 63.2 cm³/mol. The highest BCUT2D eigenvalue weighted by Crippen LogP contribution is 2.27. The van der Waals surface area contributed by atoms with Crippen molar-refractivity contribution in [3.63, 3.8) is 0 Å². The van der Waals surface area contributed by atoms with E-state index in [-0.39, 0.29) is 12.2 Å². The minimum atomic E-state index is -4.13. The van der Waals surface area contributed by atoms with Crippen LogP contribution in [0.15, 0.2) is 23.1 Å². The van der Waals surface area contributed by atoms with E-state index in [1.807, 2.05) is 0 Å². The normalized spacial score (nSPS) is 10.6. The zero-order valence-corrected chi connectivity index (χ0v) is 10.4. The highest BCUT2D eigenvalue weighted by Gasteiger charge is 2.22. The minimum absolute atomic E-state index is 0.201. The molecule has 0 saturated carbocycles. The van der Waals surface area contributed by atoms with Crippen LogP contribution in [0.2, 0.25) is 0 Å². The first-order valence-corrected chi connectivity index (χ1v) is 6.71. The van der Waals surface area contributed by atoms with Crippen LogP contribution in [-0.2, 0) is 13.9 Å². The molecule has 9 heteroatoms. The lowest BCUT2D eigenvalue weighted by Gasteiger charge is -2.01. The van der Waals surface area contributed by atoms with E-state index in [0.29, 0.717) is 0 Å². The van der Waals surface area contributed by atoms with Crippen LogP contribution in [-0.4, -0.2) is 19.9 Å². The van der Waals surface area contributed by atoms with E-state index in [9.17, 15) is 18.5 Å². The Kier molecular flexibility index (Phi) is 4.63.